The molecular weight excluding hydrogens is 413 g/mol. The molecule has 0 radical (unpaired) electrons. The van der Waals surface area contributed by atoms with Crippen LogP contribution in [0.2, 0.25) is 10.0 Å². The second kappa shape index (κ2) is 7.91. The molecule has 0 spiro atoms. The van der Waals surface area contributed by atoms with E-state index in [-0.39, 0.29) is 5.69 Å². The maximum absolute atomic E-state index is 10.7. The largest absolute Gasteiger partial charge is 0.389 e. The topological polar surface area (TPSA) is 80.3 Å². The molecule has 4 aromatic rings. The number of aliphatic hydroxyl groups excluding tert-OH is 1. The number of halogens is 2. The molecule has 1 atom stereocenters. The number of aromatic nitrogens is 1. The Kier molecular flexibility index (Phi) is 5.32. The number of nitro groups is 1. The minimum Gasteiger partial charge on any atom is -0.389 e. The van der Waals surface area contributed by atoms with E-state index in [1.165, 1.54) is 12.1 Å². The van der Waals surface area contributed by atoms with Crippen LogP contribution >= 0.6 is 23.2 Å². The Hall–Kier alpha value is -2.80. The third-order valence-electron chi connectivity index (χ3n) is 4.80. The van der Waals surface area contributed by atoms with Crippen LogP contribution in [0.15, 0.2) is 60.7 Å². The van der Waals surface area contributed by atoms with E-state index in [0.29, 0.717) is 28.8 Å². The number of hydrogen-bond acceptors (Lipinski definition) is 4. The molecule has 1 unspecified atom stereocenters. The predicted molar refractivity (Wildman–Crippen MR) is 117 cm³/mol. The molecule has 1 aromatic heterocycles. The summed E-state index contributed by atoms with van der Waals surface area (Å²) in [7, 11) is 0. The van der Waals surface area contributed by atoms with E-state index in [1.54, 1.807) is 12.1 Å². The molecular formula is C21H17Cl2N3O3. The fraction of sp³-hybridized carbons (Fsp3) is 0.143. The monoisotopic (exact) mass is 429 g/mol. The Morgan fingerprint density at radius 3 is 2.03 bits per heavy atom. The lowest BCUT2D eigenvalue weighted by Gasteiger charge is -2.15. The Morgan fingerprint density at radius 2 is 1.52 bits per heavy atom. The van der Waals surface area contributed by atoms with Crippen molar-refractivity contribution in [1.82, 2.24) is 4.57 Å². The Morgan fingerprint density at radius 1 is 0.966 bits per heavy atom. The summed E-state index contributed by atoms with van der Waals surface area (Å²) < 4.78 is 2.04. The van der Waals surface area contributed by atoms with E-state index in [4.69, 9.17) is 23.2 Å². The van der Waals surface area contributed by atoms with Gasteiger partial charge in [0.25, 0.3) is 5.69 Å². The number of nitrogens with zero attached hydrogens (tertiary/aromatic N) is 2. The van der Waals surface area contributed by atoms with E-state index in [2.05, 4.69) is 5.32 Å². The van der Waals surface area contributed by atoms with Gasteiger partial charge in [0, 0.05) is 56.2 Å². The standard InChI is InChI=1S/C21H17Cl2N3O3/c22-13-1-7-20-18(9-13)19-10-14(23)2-8-21(19)25(20)12-17(27)11-24-15-3-5-16(6-4-15)26(28)29/h1-10,17,24,27H,11-12H2. The molecule has 4 rings (SSSR count). The van der Waals surface area contributed by atoms with Crippen LogP contribution in [0.3, 0.4) is 0 Å². The first-order valence-electron chi connectivity index (χ1n) is 8.96. The molecule has 0 fully saturated rings. The first-order chi connectivity index (χ1) is 13.9. The van der Waals surface area contributed by atoms with E-state index < -0.39 is 11.0 Å². The SMILES string of the molecule is O=[N+]([O-])c1ccc(NCC(O)Cn2c3ccc(Cl)cc3c3cc(Cl)ccc32)cc1. The second-order valence-corrected chi connectivity index (χ2v) is 7.65. The van der Waals surface area contributed by atoms with Crippen LogP contribution in [0.4, 0.5) is 11.4 Å². The molecule has 0 aliphatic heterocycles. The van der Waals surface area contributed by atoms with Crippen molar-refractivity contribution < 1.29 is 10.0 Å². The highest BCUT2D eigenvalue weighted by molar-refractivity contribution is 6.33. The van der Waals surface area contributed by atoms with Gasteiger partial charge in [-0.15, -0.1) is 0 Å². The van der Waals surface area contributed by atoms with Gasteiger partial charge in [0.1, 0.15) is 0 Å². The maximum atomic E-state index is 10.7. The molecule has 0 amide bonds. The molecule has 29 heavy (non-hydrogen) atoms. The van der Waals surface area contributed by atoms with Crippen molar-refractivity contribution in [3.8, 4) is 0 Å². The van der Waals surface area contributed by atoms with Gasteiger partial charge in [-0.25, -0.2) is 0 Å². The van der Waals surface area contributed by atoms with E-state index >= 15 is 0 Å². The van der Waals surface area contributed by atoms with Crippen LogP contribution in [0.5, 0.6) is 0 Å². The van der Waals surface area contributed by atoms with Crippen LogP contribution < -0.4 is 5.32 Å². The summed E-state index contributed by atoms with van der Waals surface area (Å²) in [6.45, 7) is 0.656. The van der Waals surface area contributed by atoms with Crippen molar-refractivity contribution in [1.29, 1.82) is 0 Å². The number of rotatable bonds is 6. The highest BCUT2D eigenvalue weighted by Gasteiger charge is 2.15. The van der Waals surface area contributed by atoms with E-state index in [1.807, 2.05) is 41.0 Å². The number of benzene rings is 3. The fourth-order valence-corrected chi connectivity index (χ4v) is 3.80. The molecule has 0 aliphatic rings. The van der Waals surface area contributed by atoms with Gasteiger partial charge in [0.15, 0.2) is 0 Å². The Labute approximate surface area is 176 Å². The summed E-state index contributed by atoms with van der Waals surface area (Å²) in [5.74, 6) is 0. The van der Waals surface area contributed by atoms with Gasteiger partial charge in [0.05, 0.1) is 17.6 Å². The quantitative estimate of drug-likeness (QED) is 0.314. The van der Waals surface area contributed by atoms with Gasteiger partial charge in [0.2, 0.25) is 0 Å². The zero-order valence-electron chi connectivity index (χ0n) is 15.2. The first kappa shape index (κ1) is 19.5. The van der Waals surface area contributed by atoms with Crippen LogP contribution in [0.25, 0.3) is 21.8 Å². The highest BCUT2D eigenvalue weighted by Crippen LogP contribution is 2.33. The second-order valence-electron chi connectivity index (χ2n) is 6.77. The molecule has 0 saturated carbocycles. The zero-order valence-corrected chi connectivity index (χ0v) is 16.7. The fourth-order valence-electron chi connectivity index (χ4n) is 3.46. The van der Waals surface area contributed by atoms with Gasteiger partial charge >= 0.3 is 0 Å². The van der Waals surface area contributed by atoms with Crippen molar-refractivity contribution in [3.05, 3.63) is 80.8 Å². The highest BCUT2D eigenvalue weighted by atomic mass is 35.5. The summed E-state index contributed by atoms with van der Waals surface area (Å²) in [6.07, 6.45) is -0.685. The molecule has 148 valence electrons. The summed E-state index contributed by atoms with van der Waals surface area (Å²) >= 11 is 12.4. The van der Waals surface area contributed by atoms with Gasteiger partial charge in [-0.2, -0.15) is 0 Å². The van der Waals surface area contributed by atoms with Crippen LogP contribution in [0, 0.1) is 10.1 Å². The lowest BCUT2D eigenvalue weighted by atomic mass is 10.1. The Balaban J connectivity index is 1.57. The van der Waals surface area contributed by atoms with Crippen molar-refractivity contribution in [2.24, 2.45) is 0 Å². The van der Waals surface area contributed by atoms with Gasteiger partial charge in [-0.05, 0) is 48.5 Å². The number of fused-ring (bicyclic) bond motifs is 3. The molecule has 0 saturated heterocycles. The minimum atomic E-state index is -0.685. The number of nitrogens with one attached hydrogen (secondary N) is 1. The third-order valence-corrected chi connectivity index (χ3v) is 5.27. The lowest BCUT2D eigenvalue weighted by Crippen LogP contribution is -2.24. The molecule has 6 nitrogen and oxygen atoms in total. The van der Waals surface area contributed by atoms with Crippen LogP contribution in [-0.2, 0) is 6.54 Å². The molecule has 0 bridgehead atoms. The average Bonchev–Trinajstić information content (AvgIpc) is 2.99. The maximum Gasteiger partial charge on any atom is 0.269 e. The predicted octanol–water partition coefficient (Wildman–Crippen LogP) is 5.48. The minimum absolute atomic E-state index is 0.0266. The zero-order chi connectivity index (χ0) is 20.5. The summed E-state index contributed by atoms with van der Waals surface area (Å²) in [6, 6.07) is 17.4. The molecule has 0 aliphatic carbocycles. The number of hydrogen-bond donors (Lipinski definition) is 2. The lowest BCUT2D eigenvalue weighted by molar-refractivity contribution is -0.384. The van der Waals surface area contributed by atoms with Gasteiger partial charge in [-0.3, -0.25) is 10.1 Å². The number of anilines is 1. The molecule has 8 heteroatoms. The average molecular weight is 430 g/mol. The van der Waals surface area contributed by atoms with E-state index in [0.717, 1.165) is 21.8 Å². The van der Waals surface area contributed by atoms with Gasteiger partial charge in [-0.1, -0.05) is 23.2 Å². The number of aliphatic hydroxyl groups is 1. The molecule has 1 heterocycles. The summed E-state index contributed by atoms with van der Waals surface area (Å²) in [5, 5.41) is 27.7. The van der Waals surface area contributed by atoms with Crippen molar-refractivity contribution >= 4 is 56.4 Å². The van der Waals surface area contributed by atoms with E-state index in [9.17, 15) is 15.2 Å². The van der Waals surface area contributed by atoms with Gasteiger partial charge < -0.3 is 15.0 Å². The summed E-state index contributed by atoms with van der Waals surface area (Å²) in [4.78, 5) is 10.3. The van der Waals surface area contributed by atoms with Crippen molar-refractivity contribution in [2.45, 2.75) is 12.6 Å². The van der Waals surface area contributed by atoms with Crippen LogP contribution in [0.1, 0.15) is 0 Å². The normalized spacial score (nSPS) is 12.4. The Bertz CT molecular complexity index is 1150. The smallest absolute Gasteiger partial charge is 0.269 e. The van der Waals surface area contributed by atoms with Crippen molar-refractivity contribution in [2.75, 3.05) is 11.9 Å². The van der Waals surface area contributed by atoms with Crippen molar-refractivity contribution in [3.63, 3.8) is 0 Å². The number of nitro benzene ring substituents is 1. The molecule has 2 N–H and O–H groups in total. The number of non-ortho nitro benzene ring substituents is 1. The third kappa shape index (κ3) is 4.00. The first-order valence-corrected chi connectivity index (χ1v) is 9.71. The molecule has 3 aromatic carbocycles. The summed E-state index contributed by atoms with van der Waals surface area (Å²) in [5.41, 5.74) is 2.65. The van der Waals surface area contributed by atoms with Crippen LogP contribution in [-0.4, -0.2) is 27.2 Å².